The average Bonchev–Trinajstić information content (AvgIpc) is 2.99. The van der Waals surface area contributed by atoms with Crippen molar-refractivity contribution in [2.45, 2.75) is 18.4 Å². The van der Waals surface area contributed by atoms with Crippen molar-refractivity contribution in [2.75, 3.05) is 31.9 Å². The first-order chi connectivity index (χ1) is 11.6. The lowest BCUT2D eigenvalue weighted by Gasteiger charge is -2.34. The monoisotopic (exact) mass is 365 g/mol. The summed E-state index contributed by atoms with van der Waals surface area (Å²) in [5.74, 6) is 1.46. The van der Waals surface area contributed by atoms with Crippen LogP contribution in [0.3, 0.4) is 0 Å². The third kappa shape index (κ3) is 4.53. The number of nitrogens with zero attached hydrogens (tertiary/aromatic N) is 3. The molecule has 2 heterocycles. The minimum atomic E-state index is 0.162. The summed E-state index contributed by atoms with van der Waals surface area (Å²) in [4.78, 5) is 17.5. The highest BCUT2D eigenvalue weighted by atomic mass is 35.5. The molecule has 0 spiro atoms. The Morgan fingerprint density at radius 2 is 2.04 bits per heavy atom. The van der Waals surface area contributed by atoms with E-state index >= 15 is 0 Å². The number of piperazine rings is 1. The Bertz CT molecular complexity index is 699. The summed E-state index contributed by atoms with van der Waals surface area (Å²) in [5.41, 5.74) is 0.899. The fourth-order valence-corrected chi connectivity index (χ4v) is 3.80. The maximum Gasteiger partial charge on any atom is 0.233 e. The molecule has 0 saturated carbocycles. The first-order valence-electron chi connectivity index (χ1n) is 7.91. The lowest BCUT2D eigenvalue weighted by molar-refractivity contribution is -0.130. The van der Waals surface area contributed by atoms with Crippen molar-refractivity contribution in [2.24, 2.45) is 0 Å². The fraction of sp³-hybridized carbons (Fsp3) is 0.412. The number of thioether (sulfide) groups is 1. The highest BCUT2D eigenvalue weighted by molar-refractivity contribution is 8.00. The van der Waals surface area contributed by atoms with Crippen LogP contribution < -0.4 is 0 Å². The summed E-state index contributed by atoms with van der Waals surface area (Å²) >= 11 is 7.62. The van der Waals surface area contributed by atoms with E-state index in [1.165, 1.54) is 11.8 Å². The molecule has 0 N–H and O–H groups in total. The molecule has 0 radical (unpaired) electrons. The molecular weight excluding hydrogens is 346 g/mol. The van der Waals surface area contributed by atoms with Crippen LogP contribution in [-0.2, 0) is 11.3 Å². The van der Waals surface area contributed by atoms with Gasteiger partial charge in [-0.1, -0.05) is 28.9 Å². The molecule has 1 amide bonds. The van der Waals surface area contributed by atoms with Gasteiger partial charge in [0.05, 0.1) is 23.0 Å². The van der Waals surface area contributed by atoms with Gasteiger partial charge in [-0.15, -0.1) is 11.8 Å². The summed E-state index contributed by atoms with van der Waals surface area (Å²) in [5, 5.41) is 4.60. The van der Waals surface area contributed by atoms with Gasteiger partial charge < -0.3 is 9.42 Å². The van der Waals surface area contributed by atoms with Gasteiger partial charge in [-0.05, 0) is 19.1 Å². The second-order valence-electron chi connectivity index (χ2n) is 5.81. The smallest absolute Gasteiger partial charge is 0.233 e. The maximum atomic E-state index is 12.4. The summed E-state index contributed by atoms with van der Waals surface area (Å²) in [7, 11) is 0. The Morgan fingerprint density at radius 1 is 1.29 bits per heavy atom. The molecule has 24 heavy (non-hydrogen) atoms. The van der Waals surface area contributed by atoms with E-state index in [2.05, 4.69) is 10.1 Å². The predicted octanol–water partition coefficient (Wildman–Crippen LogP) is 3.07. The Labute approximate surface area is 150 Å². The van der Waals surface area contributed by atoms with E-state index in [1.54, 1.807) is 0 Å². The second kappa shape index (κ2) is 8.05. The van der Waals surface area contributed by atoms with Gasteiger partial charge in [-0.2, -0.15) is 0 Å². The van der Waals surface area contributed by atoms with E-state index in [9.17, 15) is 4.79 Å². The van der Waals surface area contributed by atoms with Crippen molar-refractivity contribution >= 4 is 29.3 Å². The number of halogens is 1. The van der Waals surface area contributed by atoms with Crippen molar-refractivity contribution < 1.29 is 9.32 Å². The zero-order valence-corrected chi connectivity index (χ0v) is 15.1. The van der Waals surface area contributed by atoms with Crippen LogP contribution in [0.1, 0.15) is 11.5 Å². The number of carbonyl (C=O) groups excluding carboxylic acids is 1. The first-order valence-corrected chi connectivity index (χ1v) is 9.28. The van der Waals surface area contributed by atoms with E-state index in [0.29, 0.717) is 10.8 Å². The van der Waals surface area contributed by atoms with Crippen molar-refractivity contribution in [3.63, 3.8) is 0 Å². The molecule has 0 aliphatic carbocycles. The number of carbonyl (C=O) groups is 1. The first kappa shape index (κ1) is 17.3. The van der Waals surface area contributed by atoms with Crippen molar-refractivity contribution in [1.29, 1.82) is 0 Å². The van der Waals surface area contributed by atoms with Gasteiger partial charge in [-0.3, -0.25) is 9.69 Å². The van der Waals surface area contributed by atoms with Crippen LogP contribution in [0, 0.1) is 6.92 Å². The lowest BCUT2D eigenvalue weighted by atomic mass is 10.3. The molecule has 1 aromatic heterocycles. The van der Waals surface area contributed by atoms with E-state index in [4.69, 9.17) is 16.1 Å². The van der Waals surface area contributed by atoms with E-state index in [-0.39, 0.29) is 5.91 Å². The number of hydrogen-bond donors (Lipinski definition) is 0. The summed E-state index contributed by atoms with van der Waals surface area (Å²) < 4.78 is 5.25. The van der Waals surface area contributed by atoms with Crippen LogP contribution >= 0.6 is 23.4 Å². The Hall–Kier alpha value is -1.50. The van der Waals surface area contributed by atoms with E-state index in [0.717, 1.165) is 49.1 Å². The molecule has 1 saturated heterocycles. The Kier molecular flexibility index (Phi) is 5.81. The zero-order valence-electron chi connectivity index (χ0n) is 13.6. The molecule has 1 aliphatic heterocycles. The third-order valence-corrected chi connectivity index (χ3v) is 5.47. The maximum absolute atomic E-state index is 12.4. The second-order valence-corrected chi connectivity index (χ2v) is 7.24. The number of hydrogen-bond acceptors (Lipinski definition) is 5. The molecule has 1 aromatic carbocycles. The third-order valence-electron chi connectivity index (χ3n) is 3.97. The average molecular weight is 366 g/mol. The number of amides is 1. The molecule has 0 atom stereocenters. The van der Waals surface area contributed by atoms with Gasteiger partial charge in [-0.25, -0.2) is 0 Å². The van der Waals surface area contributed by atoms with Crippen molar-refractivity contribution in [1.82, 2.24) is 15.0 Å². The van der Waals surface area contributed by atoms with Gasteiger partial charge in [0.25, 0.3) is 0 Å². The normalized spacial score (nSPS) is 15.7. The predicted molar refractivity (Wildman–Crippen MR) is 95.3 cm³/mol. The number of rotatable bonds is 5. The summed E-state index contributed by atoms with van der Waals surface area (Å²) in [6, 6.07) is 9.57. The number of benzene rings is 1. The quantitative estimate of drug-likeness (QED) is 0.762. The van der Waals surface area contributed by atoms with E-state index < -0.39 is 0 Å². The summed E-state index contributed by atoms with van der Waals surface area (Å²) in [6.45, 7) is 5.85. The van der Waals surface area contributed by atoms with Gasteiger partial charge in [0.1, 0.15) is 0 Å². The molecule has 1 aliphatic rings. The van der Waals surface area contributed by atoms with Crippen LogP contribution in [-0.4, -0.2) is 52.8 Å². The Morgan fingerprint density at radius 3 is 2.71 bits per heavy atom. The standard InChI is InChI=1S/C17H20ClN3O2S/c1-13-10-14(23-19-13)11-20-6-8-21(9-7-20)17(22)12-24-16-5-3-2-4-15(16)18/h2-5,10H,6-9,11-12H2,1H3. The molecule has 2 aromatic rings. The molecular formula is C17H20ClN3O2S. The van der Waals surface area contributed by atoms with Crippen LogP contribution in [0.25, 0.3) is 0 Å². The highest BCUT2D eigenvalue weighted by Crippen LogP contribution is 2.26. The highest BCUT2D eigenvalue weighted by Gasteiger charge is 2.22. The van der Waals surface area contributed by atoms with E-state index in [1.807, 2.05) is 42.2 Å². The van der Waals surface area contributed by atoms with Gasteiger partial charge in [0, 0.05) is 37.1 Å². The van der Waals surface area contributed by atoms with Crippen molar-refractivity contribution in [3.8, 4) is 0 Å². The van der Waals surface area contributed by atoms with Crippen LogP contribution in [0.2, 0.25) is 5.02 Å². The van der Waals surface area contributed by atoms with Gasteiger partial charge >= 0.3 is 0 Å². The molecule has 3 rings (SSSR count). The van der Waals surface area contributed by atoms with Gasteiger partial charge in [0.2, 0.25) is 5.91 Å². The van der Waals surface area contributed by atoms with Crippen LogP contribution in [0.4, 0.5) is 0 Å². The molecule has 1 fully saturated rings. The molecule has 7 heteroatoms. The zero-order chi connectivity index (χ0) is 16.9. The number of aromatic nitrogens is 1. The minimum Gasteiger partial charge on any atom is -0.360 e. The Balaban J connectivity index is 1.44. The lowest BCUT2D eigenvalue weighted by Crippen LogP contribution is -2.48. The van der Waals surface area contributed by atoms with Crippen LogP contribution in [0.5, 0.6) is 0 Å². The largest absolute Gasteiger partial charge is 0.360 e. The summed E-state index contributed by atoms with van der Waals surface area (Å²) in [6.07, 6.45) is 0. The fourth-order valence-electron chi connectivity index (χ4n) is 2.66. The topological polar surface area (TPSA) is 49.6 Å². The molecule has 0 unspecified atom stereocenters. The van der Waals surface area contributed by atoms with Gasteiger partial charge in [0.15, 0.2) is 5.76 Å². The minimum absolute atomic E-state index is 0.162. The van der Waals surface area contributed by atoms with Crippen LogP contribution in [0.15, 0.2) is 39.8 Å². The van der Waals surface area contributed by atoms with Crippen molar-refractivity contribution in [3.05, 3.63) is 46.8 Å². The molecule has 0 bridgehead atoms. The molecule has 128 valence electrons. The SMILES string of the molecule is Cc1cc(CN2CCN(C(=O)CSc3ccccc3Cl)CC2)on1. The number of aryl methyl sites for hydroxylation is 1. The molecule has 5 nitrogen and oxygen atoms in total.